The van der Waals surface area contributed by atoms with Crippen LogP contribution < -0.4 is 0 Å². The molecule has 0 bridgehead atoms. The molecule has 0 heterocycles. The standard InChI is InChI=1S/C16H22O6/c1-3-19-11-5-7-13-21-15(17)9-10-16(18)22-14-8-6-12-20-4-2/h1-2H,5-14H2. The summed E-state index contributed by atoms with van der Waals surface area (Å²) in [6, 6.07) is 0. The van der Waals surface area contributed by atoms with Crippen molar-refractivity contribution in [2.45, 2.75) is 38.5 Å². The number of esters is 2. The van der Waals surface area contributed by atoms with E-state index in [9.17, 15) is 9.59 Å². The second kappa shape index (κ2) is 15.1. The molecule has 0 aliphatic heterocycles. The fourth-order valence-electron chi connectivity index (χ4n) is 1.39. The molecule has 0 saturated carbocycles. The molecule has 0 aromatic carbocycles. The van der Waals surface area contributed by atoms with Gasteiger partial charge in [0.2, 0.25) is 0 Å². The van der Waals surface area contributed by atoms with E-state index in [-0.39, 0.29) is 26.1 Å². The Bertz CT molecular complexity index is 352. The molecule has 0 saturated heterocycles. The average molecular weight is 310 g/mol. The molecule has 0 aromatic rings. The minimum absolute atomic E-state index is 0.0138. The monoisotopic (exact) mass is 310 g/mol. The Labute approximate surface area is 131 Å². The van der Waals surface area contributed by atoms with E-state index < -0.39 is 11.9 Å². The molecule has 0 atom stereocenters. The summed E-state index contributed by atoms with van der Waals surface area (Å²) in [5.74, 6) is -0.838. The van der Waals surface area contributed by atoms with Gasteiger partial charge in [0.1, 0.15) is 25.4 Å². The second-order valence-corrected chi connectivity index (χ2v) is 4.29. The van der Waals surface area contributed by atoms with Crippen molar-refractivity contribution in [1.29, 1.82) is 0 Å². The number of terminal acetylenes is 2. The van der Waals surface area contributed by atoms with Gasteiger partial charge in [0, 0.05) is 0 Å². The molecular weight excluding hydrogens is 288 g/mol. The molecular formula is C16H22O6. The first-order chi connectivity index (χ1) is 10.7. The number of hydrogen-bond donors (Lipinski definition) is 0. The highest BCUT2D eigenvalue weighted by molar-refractivity contribution is 5.77. The van der Waals surface area contributed by atoms with Gasteiger partial charge < -0.3 is 18.9 Å². The highest BCUT2D eigenvalue weighted by atomic mass is 16.5. The molecule has 0 unspecified atom stereocenters. The number of carbonyl (C=O) groups is 2. The summed E-state index contributed by atoms with van der Waals surface area (Å²) in [6.45, 7) is 1.45. The molecule has 0 aromatic heterocycles. The van der Waals surface area contributed by atoms with Gasteiger partial charge in [-0.05, 0) is 25.7 Å². The Morgan fingerprint density at radius 1 is 0.682 bits per heavy atom. The lowest BCUT2D eigenvalue weighted by Gasteiger charge is -2.06. The van der Waals surface area contributed by atoms with Crippen molar-refractivity contribution < 1.29 is 28.5 Å². The molecule has 0 aliphatic rings. The lowest BCUT2D eigenvalue weighted by Crippen LogP contribution is -2.12. The SMILES string of the molecule is C#COCCCCOC(=O)CCC(=O)OCCCCOC#C. The minimum Gasteiger partial charge on any atom is -0.466 e. The topological polar surface area (TPSA) is 71.1 Å². The molecule has 0 fully saturated rings. The zero-order valence-corrected chi connectivity index (χ0v) is 12.7. The summed E-state index contributed by atoms with van der Waals surface area (Å²) in [7, 11) is 0. The Balaban J connectivity index is 3.40. The summed E-state index contributed by atoms with van der Waals surface area (Å²) in [5.41, 5.74) is 0. The quantitative estimate of drug-likeness (QED) is 0.292. The van der Waals surface area contributed by atoms with Crippen molar-refractivity contribution in [3.05, 3.63) is 0 Å². The van der Waals surface area contributed by atoms with Crippen molar-refractivity contribution in [3.8, 4) is 25.1 Å². The molecule has 0 rings (SSSR count). The maximum atomic E-state index is 11.4. The zero-order chi connectivity index (χ0) is 16.5. The van der Waals surface area contributed by atoms with E-state index >= 15 is 0 Å². The van der Waals surface area contributed by atoms with Crippen LogP contribution in [0.15, 0.2) is 0 Å². The minimum atomic E-state index is -0.419. The fourth-order valence-corrected chi connectivity index (χ4v) is 1.39. The molecule has 6 heteroatoms. The smallest absolute Gasteiger partial charge is 0.306 e. The maximum Gasteiger partial charge on any atom is 0.306 e. The number of rotatable bonds is 13. The lowest BCUT2D eigenvalue weighted by atomic mass is 10.3. The van der Waals surface area contributed by atoms with Crippen molar-refractivity contribution in [2.75, 3.05) is 26.4 Å². The highest BCUT2D eigenvalue weighted by Gasteiger charge is 2.08. The van der Waals surface area contributed by atoms with Crippen LogP contribution in [0.4, 0.5) is 0 Å². The Kier molecular flexibility index (Phi) is 13.5. The summed E-state index contributed by atoms with van der Waals surface area (Å²) in [6.07, 6.45) is 16.7. The molecule has 122 valence electrons. The molecule has 0 aliphatic carbocycles. The molecule has 0 radical (unpaired) electrons. The van der Waals surface area contributed by atoms with Gasteiger partial charge in [0.05, 0.1) is 26.1 Å². The van der Waals surface area contributed by atoms with E-state index in [1.54, 1.807) is 0 Å². The fraction of sp³-hybridized carbons (Fsp3) is 0.625. The molecule has 22 heavy (non-hydrogen) atoms. The molecule has 6 nitrogen and oxygen atoms in total. The predicted molar refractivity (Wildman–Crippen MR) is 79.2 cm³/mol. The van der Waals surface area contributed by atoms with Crippen LogP contribution >= 0.6 is 0 Å². The van der Waals surface area contributed by atoms with Crippen LogP contribution in [0.5, 0.6) is 0 Å². The van der Waals surface area contributed by atoms with Gasteiger partial charge >= 0.3 is 11.9 Å². The normalized spacial score (nSPS) is 9.18. The van der Waals surface area contributed by atoms with Gasteiger partial charge in [0.25, 0.3) is 0 Å². The summed E-state index contributed by atoms with van der Waals surface area (Å²) < 4.78 is 19.3. The van der Waals surface area contributed by atoms with E-state index in [1.807, 2.05) is 0 Å². The summed E-state index contributed by atoms with van der Waals surface area (Å²) in [4.78, 5) is 22.7. The van der Waals surface area contributed by atoms with E-state index in [1.165, 1.54) is 0 Å². The molecule has 0 amide bonds. The van der Waals surface area contributed by atoms with Crippen LogP contribution in [0.2, 0.25) is 0 Å². The third-order valence-electron chi connectivity index (χ3n) is 2.51. The highest BCUT2D eigenvalue weighted by Crippen LogP contribution is 2.00. The second-order valence-electron chi connectivity index (χ2n) is 4.29. The van der Waals surface area contributed by atoms with Crippen LogP contribution in [-0.2, 0) is 28.5 Å². The first-order valence-electron chi connectivity index (χ1n) is 7.16. The zero-order valence-electron chi connectivity index (χ0n) is 12.7. The van der Waals surface area contributed by atoms with E-state index in [0.29, 0.717) is 38.9 Å². The Hall–Kier alpha value is -2.34. The third kappa shape index (κ3) is 14.1. The first kappa shape index (κ1) is 19.7. The van der Waals surface area contributed by atoms with Crippen LogP contribution in [0, 0.1) is 25.1 Å². The van der Waals surface area contributed by atoms with Gasteiger partial charge in [-0.1, -0.05) is 12.8 Å². The van der Waals surface area contributed by atoms with Crippen molar-refractivity contribution >= 4 is 11.9 Å². The van der Waals surface area contributed by atoms with Crippen LogP contribution in [0.1, 0.15) is 38.5 Å². The van der Waals surface area contributed by atoms with Gasteiger partial charge in [-0.3, -0.25) is 9.59 Å². The van der Waals surface area contributed by atoms with E-state index in [4.69, 9.17) is 31.8 Å². The maximum absolute atomic E-state index is 11.4. The lowest BCUT2D eigenvalue weighted by molar-refractivity contribution is -0.150. The Morgan fingerprint density at radius 2 is 1.05 bits per heavy atom. The van der Waals surface area contributed by atoms with Gasteiger partial charge in [-0.25, -0.2) is 0 Å². The van der Waals surface area contributed by atoms with E-state index in [2.05, 4.69) is 12.2 Å². The van der Waals surface area contributed by atoms with Crippen molar-refractivity contribution in [3.63, 3.8) is 0 Å². The number of carbonyl (C=O) groups excluding carboxylic acids is 2. The molecule has 0 spiro atoms. The van der Waals surface area contributed by atoms with Crippen LogP contribution in [0.3, 0.4) is 0 Å². The van der Waals surface area contributed by atoms with Crippen LogP contribution in [0.25, 0.3) is 0 Å². The first-order valence-corrected chi connectivity index (χ1v) is 7.16. The van der Waals surface area contributed by atoms with Crippen LogP contribution in [-0.4, -0.2) is 38.4 Å². The predicted octanol–water partition coefficient (Wildman–Crippen LogP) is 1.63. The number of unbranched alkanes of at least 4 members (excludes halogenated alkanes) is 2. The average Bonchev–Trinajstić information content (AvgIpc) is 2.52. The van der Waals surface area contributed by atoms with Gasteiger partial charge in [0.15, 0.2) is 0 Å². The van der Waals surface area contributed by atoms with E-state index in [0.717, 1.165) is 0 Å². The third-order valence-corrected chi connectivity index (χ3v) is 2.51. The van der Waals surface area contributed by atoms with Gasteiger partial charge in [-0.2, -0.15) is 0 Å². The van der Waals surface area contributed by atoms with Crippen molar-refractivity contribution in [1.82, 2.24) is 0 Å². The molecule has 0 N–H and O–H groups in total. The van der Waals surface area contributed by atoms with Gasteiger partial charge in [-0.15, -0.1) is 0 Å². The number of hydrogen-bond acceptors (Lipinski definition) is 6. The summed E-state index contributed by atoms with van der Waals surface area (Å²) >= 11 is 0. The van der Waals surface area contributed by atoms with Crippen molar-refractivity contribution in [2.24, 2.45) is 0 Å². The number of ether oxygens (including phenoxy) is 4. The largest absolute Gasteiger partial charge is 0.466 e. The summed E-state index contributed by atoms with van der Waals surface area (Å²) in [5, 5.41) is 0. The Morgan fingerprint density at radius 3 is 1.41 bits per heavy atom.